The van der Waals surface area contributed by atoms with E-state index >= 15 is 0 Å². The molecule has 82 valence electrons. The first-order chi connectivity index (χ1) is 6.75. The summed E-state index contributed by atoms with van der Waals surface area (Å²) in [5, 5.41) is 18.8. The van der Waals surface area contributed by atoms with Crippen molar-refractivity contribution in [3.8, 4) is 0 Å². The van der Waals surface area contributed by atoms with Crippen molar-refractivity contribution in [2.75, 3.05) is 32.8 Å². The fourth-order valence-electron chi connectivity index (χ4n) is 2.29. The minimum atomic E-state index is -0.546. The van der Waals surface area contributed by atoms with Gasteiger partial charge < -0.3 is 14.9 Å². The van der Waals surface area contributed by atoms with E-state index in [1.165, 1.54) is 0 Å². The van der Waals surface area contributed by atoms with Crippen LogP contribution < -0.4 is 0 Å². The van der Waals surface area contributed by atoms with Crippen LogP contribution in [0, 0.1) is 5.92 Å². The van der Waals surface area contributed by atoms with E-state index in [4.69, 9.17) is 4.74 Å². The van der Waals surface area contributed by atoms with Gasteiger partial charge in [-0.05, 0) is 18.8 Å². The zero-order valence-corrected chi connectivity index (χ0v) is 8.43. The van der Waals surface area contributed by atoms with Gasteiger partial charge in [0.15, 0.2) is 0 Å². The molecule has 0 saturated carbocycles. The molecule has 14 heavy (non-hydrogen) atoms. The third kappa shape index (κ3) is 2.45. The second kappa shape index (κ2) is 4.57. The summed E-state index contributed by atoms with van der Waals surface area (Å²) in [5.41, 5.74) is 0. The molecule has 4 nitrogen and oxygen atoms in total. The van der Waals surface area contributed by atoms with Crippen LogP contribution in [0.2, 0.25) is 0 Å². The van der Waals surface area contributed by atoms with Gasteiger partial charge >= 0.3 is 0 Å². The van der Waals surface area contributed by atoms with Crippen LogP contribution in [0.15, 0.2) is 0 Å². The van der Waals surface area contributed by atoms with Crippen molar-refractivity contribution in [3.05, 3.63) is 0 Å². The minimum absolute atomic E-state index is 0.546. The molecular formula is C10H19NO3. The van der Waals surface area contributed by atoms with Gasteiger partial charge in [-0.25, -0.2) is 0 Å². The summed E-state index contributed by atoms with van der Waals surface area (Å²) in [6, 6.07) is 0. The topological polar surface area (TPSA) is 52.9 Å². The summed E-state index contributed by atoms with van der Waals surface area (Å²) in [4.78, 5) is 2.16. The first-order valence-electron chi connectivity index (χ1n) is 5.42. The Labute approximate surface area is 84.5 Å². The molecule has 2 atom stereocenters. The van der Waals surface area contributed by atoms with E-state index in [2.05, 4.69) is 4.90 Å². The number of nitrogens with zero attached hydrogens (tertiary/aromatic N) is 1. The summed E-state index contributed by atoms with van der Waals surface area (Å²) in [7, 11) is 0. The van der Waals surface area contributed by atoms with Gasteiger partial charge in [0, 0.05) is 32.8 Å². The lowest BCUT2D eigenvalue weighted by Crippen LogP contribution is -2.31. The van der Waals surface area contributed by atoms with Gasteiger partial charge in [-0.15, -0.1) is 0 Å². The van der Waals surface area contributed by atoms with Crippen molar-refractivity contribution in [1.29, 1.82) is 0 Å². The number of ether oxygens (including phenoxy) is 1. The monoisotopic (exact) mass is 201 g/mol. The molecule has 0 radical (unpaired) electrons. The molecule has 2 rings (SSSR count). The maximum atomic E-state index is 9.38. The predicted molar refractivity (Wildman–Crippen MR) is 52.0 cm³/mol. The average Bonchev–Trinajstić information content (AvgIpc) is 2.47. The number of likely N-dealkylation sites (tertiary alicyclic amines) is 1. The van der Waals surface area contributed by atoms with Crippen molar-refractivity contribution in [2.24, 2.45) is 5.92 Å². The molecule has 2 aliphatic rings. The Kier molecular flexibility index (Phi) is 3.38. The molecule has 4 heteroatoms. The molecular weight excluding hydrogens is 182 g/mol. The highest BCUT2D eigenvalue weighted by atomic mass is 16.5. The highest BCUT2D eigenvalue weighted by Crippen LogP contribution is 2.19. The smallest absolute Gasteiger partial charge is 0.0938 e. The standard InChI is InChI=1S/C10H19NO3/c12-9-6-11(7-10(9)13)5-8-1-3-14-4-2-8/h8-10,12-13H,1-7H2. The van der Waals surface area contributed by atoms with Gasteiger partial charge in [0.2, 0.25) is 0 Å². The van der Waals surface area contributed by atoms with E-state index in [0.717, 1.165) is 32.6 Å². The molecule has 2 N–H and O–H groups in total. The lowest BCUT2D eigenvalue weighted by Gasteiger charge is -2.26. The lowest BCUT2D eigenvalue weighted by molar-refractivity contribution is 0.0537. The quantitative estimate of drug-likeness (QED) is 0.629. The summed E-state index contributed by atoms with van der Waals surface area (Å²) in [6.45, 7) is 3.97. The molecule has 2 saturated heterocycles. The Morgan fingerprint density at radius 3 is 2.21 bits per heavy atom. The van der Waals surface area contributed by atoms with Crippen molar-refractivity contribution < 1.29 is 14.9 Å². The molecule has 0 aromatic rings. The number of rotatable bonds is 2. The number of hydrogen-bond acceptors (Lipinski definition) is 4. The fraction of sp³-hybridized carbons (Fsp3) is 1.00. The van der Waals surface area contributed by atoms with Gasteiger partial charge in [-0.2, -0.15) is 0 Å². The summed E-state index contributed by atoms with van der Waals surface area (Å²) < 4.78 is 5.29. The lowest BCUT2D eigenvalue weighted by atomic mass is 10.00. The van der Waals surface area contributed by atoms with Gasteiger partial charge in [0.1, 0.15) is 0 Å². The second-order valence-electron chi connectivity index (χ2n) is 4.41. The van der Waals surface area contributed by atoms with E-state index in [1.807, 2.05) is 0 Å². The number of hydrogen-bond donors (Lipinski definition) is 2. The van der Waals surface area contributed by atoms with Crippen LogP contribution in [0.5, 0.6) is 0 Å². The molecule has 2 aliphatic heterocycles. The van der Waals surface area contributed by atoms with E-state index in [9.17, 15) is 10.2 Å². The maximum Gasteiger partial charge on any atom is 0.0938 e. The molecule has 0 aromatic heterocycles. The number of aliphatic hydroxyl groups excluding tert-OH is 2. The molecule has 2 unspecified atom stereocenters. The molecule has 0 spiro atoms. The van der Waals surface area contributed by atoms with Crippen LogP contribution in [0.1, 0.15) is 12.8 Å². The molecule has 2 fully saturated rings. The van der Waals surface area contributed by atoms with E-state index < -0.39 is 12.2 Å². The van der Waals surface area contributed by atoms with Crippen LogP contribution in [0.25, 0.3) is 0 Å². The van der Waals surface area contributed by atoms with Crippen LogP contribution in [-0.4, -0.2) is 60.2 Å². The van der Waals surface area contributed by atoms with Crippen LogP contribution in [0.3, 0.4) is 0 Å². The first kappa shape index (κ1) is 10.4. The van der Waals surface area contributed by atoms with Crippen molar-refractivity contribution in [2.45, 2.75) is 25.0 Å². The van der Waals surface area contributed by atoms with Crippen molar-refractivity contribution >= 4 is 0 Å². The summed E-state index contributed by atoms with van der Waals surface area (Å²) >= 11 is 0. The van der Waals surface area contributed by atoms with Gasteiger partial charge in [-0.1, -0.05) is 0 Å². The summed E-state index contributed by atoms with van der Waals surface area (Å²) in [6.07, 6.45) is 1.13. The highest BCUT2D eigenvalue weighted by Gasteiger charge is 2.30. The normalized spacial score (nSPS) is 36.4. The Hall–Kier alpha value is -0.160. The molecule has 0 amide bonds. The van der Waals surface area contributed by atoms with Crippen LogP contribution in [-0.2, 0) is 4.74 Å². The van der Waals surface area contributed by atoms with E-state index in [0.29, 0.717) is 19.0 Å². The zero-order chi connectivity index (χ0) is 9.97. The maximum absolute atomic E-state index is 9.38. The molecule has 0 aromatic carbocycles. The second-order valence-corrected chi connectivity index (χ2v) is 4.41. The average molecular weight is 201 g/mol. The zero-order valence-electron chi connectivity index (χ0n) is 8.43. The third-order valence-corrected chi connectivity index (χ3v) is 3.19. The first-order valence-corrected chi connectivity index (χ1v) is 5.42. The summed E-state index contributed by atoms with van der Waals surface area (Å²) in [5.74, 6) is 0.682. The SMILES string of the molecule is OC1CN(CC2CCOCC2)CC1O. The van der Waals surface area contributed by atoms with Crippen molar-refractivity contribution in [3.63, 3.8) is 0 Å². The van der Waals surface area contributed by atoms with E-state index in [1.54, 1.807) is 0 Å². The van der Waals surface area contributed by atoms with Gasteiger partial charge in [0.05, 0.1) is 12.2 Å². The Balaban J connectivity index is 1.74. The minimum Gasteiger partial charge on any atom is -0.389 e. The van der Waals surface area contributed by atoms with Crippen molar-refractivity contribution in [1.82, 2.24) is 4.90 Å². The van der Waals surface area contributed by atoms with E-state index in [-0.39, 0.29) is 0 Å². The molecule has 2 heterocycles. The molecule has 0 bridgehead atoms. The fourth-order valence-corrected chi connectivity index (χ4v) is 2.29. The largest absolute Gasteiger partial charge is 0.389 e. The Bertz CT molecular complexity index is 172. The molecule has 0 aliphatic carbocycles. The Morgan fingerprint density at radius 2 is 1.64 bits per heavy atom. The van der Waals surface area contributed by atoms with Gasteiger partial charge in [-0.3, -0.25) is 4.90 Å². The predicted octanol–water partition coefficient (Wildman–Crippen LogP) is -0.550. The highest BCUT2D eigenvalue weighted by molar-refractivity contribution is 4.84. The number of β-amino-alcohol motifs (C(OH)–C–C–N with tert-alkyl or cyclic N) is 2. The van der Waals surface area contributed by atoms with Crippen LogP contribution in [0.4, 0.5) is 0 Å². The van der Waals surface area contributed by atoms with Crippen LogP contribution >= 0.6 is 0 Å². The number of aliphatic hydroxyl groups is 2. The Morgan fingerprint density at radius 1 is 1.07 bits per heavy atom. The van der Waals surface area contributed by atoms with Gasteiger partial charge in [0.25, 0.3) is 0 Å². The third-order valence-electron chi connectivity index (χ3n) is 3.19.